The van der Waals surface area contributed by atoms with Crippen LogP contribution in [0.25, 0.3) is 0 Å². The average molecular weight is 325 g/mol. The Bertz CT molecular complexity index is 742. The maximum absolute atomic E-state index is 12.1. The van der Waals surface area contributed by atoms with E-state index in [9.17, 15) is 4.79 Å². The van der Waals surface area contributed by atoms with E-state index in [2.05, 4.69) is 35.5 Å². The quantitative estimate of drug-likeness (QED) is 0.855. The Balaban J connectivity index is 1.97. The number of imidazole rings is 1. The smallest absolute Gasteiger partial charge is 0.319 e. The van der Waals surface area contributed by atoms with Crippen molar-refractivity contribution in [3.63, 3.8) is 0 Å². The van der Waals surface area contributed by atoms with Gasteiger partial charge >= 0.3 is 6.03 Å². The molecule has 0 aliphatic heterocycles. The Morgan fingerprint density at radius 1 is 1.42 bits per heavy atom. The molecule has 2 N–H and O–H groups in total. The highest BCUT2D eigenvalue weighted by atomic mass is 16.2. The monoisotopic (exact) mass is 325 g/mol. The number of hydrogen-bond acceptors (Lipinski definition) is 3. The van der Waals surface area contributed by atoms with Crippen molar-refractivity contribution >= 4 is 11.7 Å². The van der Waals surface area contributed by atoms with Gasteiger partial charge in [0.2, 0.25) is 0 Å². The summed E-state index contributed by atoms with van der Waals surface area (Å²) >= 11 is 0. The lowest BCUT2D eigenvalue weighted by molar-refractivity contribution is 0.251. The van der Waals surface area contributed by atoms with Gasteiger partial charge in [0.1, 0.15) is 0 Å². The fraction of sp³-hybridized carbons (Fsp3) is 0.389. The van der Waals surface area contributed by atoms with E-state index in [1.165, 1.54) is 0 Å². The summed E-state index contributed by atoms with van der Waals surface area (Å²) in [5.41, 5.74) is 3.23. The third-order valence-electron chi connectivity index (χ3n) is 3.65. The number of nitriles is 1. The summed E-state index contributed by atoms with van der Waals surface area (Å²) in [6, 6.07) is 7.10. The number of aryl methyl sites for hydroxylation is 1. The van der Waals surface area contributed by atoms with Gasteiger partial charge in [-0.1, -0.05) is 20.8 Å². The number of aromatic nitrogens is 2. The molecule has 1 heterocycles. The van der Waals surface area contributed by atoms with Crippen LogP contribution < -0.4 is 10.6 Å². The Morgan fingerprint density at radius 3 is 2.88 bits per heavy atom. The van der Waals surface area contributed by atoms with Crippen LogP contribution in [0.1, 0.15) is 37.6 Å². The van der Waals surface area contributed by atoms with Crippen molar-refractivity contribution in [2.45, 2.75) is 40.3 Å². The van der Waals surface area contributed by atoms with Gasteiger partial charge in [-0.05, 0) is 36.1 Å². The van der Waals surface area contributed by atoms with Gasteiger partial charge in [-0.15, -0.1) is 0 Å². The molecule has 2 amide bonds. The molecule has 2 rings (SSSR count). The minimum atomic E-state index is -0.272. The van der Waals surface area contributed by atoms with Gasteiger partial charge in [0.15, 0.2) is 0 Å². The molecule has 0 aliphatic rings. The molecule has 0 atom stereocenters. The molecule has 6 heteroatoms. The number of benzene rings is 1. The predicted octanol–water partition coefficient (Wildman–Crippen LogP) is 3.29. The van der Waals surface area contributed by atoms with Crippen LogP contribution in [0.15, 0.2) is 30.7 Å². The lowest BCUT2D eigenvalue weighted by Gasteiger charge is -2.13. The molecule has 0 bridgehead atoms. The van der Waals surface area contributed by atoms with Crippen LogP contribution in [0, 0.1) is 17.2 Å². The van der Waals surface area contributed by atoms with Crippen LogP contribution in [0.3, 0.4) is 0 Å². The van der Waals surface area contributed by atoms with Crippen LogP contribution in [-0.4, -0.2) is 15.6 Å². The van der Waals surface area contributed by atoms with Gasteiger partial charge in [0, 0.05) is 18.4 Å². The Hall–Kier alpha value is -2.81. The number of urea groups is 1. The molecule has 24 heavy (non-hydrogen) atoms. The molecule has 1 aromatic carbocycles. The second kappa shape index (κ2) is 8.16. The van der Waals surface area contributed by atoms with E-state index in [4.69, 9.17) is 5.26 Å². The predicted molar refractivity (Wildman–Crippen MR) is 93.5 cm³/mol. The topological polar surface area (TPSA) is 82.7 Å². The number of amides is 2. The van der Waals surface area contributed by atoms with Gasteiger partial charge in [0.25, 0.3) is 0 Å². The summed E-state index contributed by atoms with van der Waals surface area (Å²) in [6.07, 6.45) is 4.29. The van der Waals surface area contributed by atoms with Gasteiger partial charge < -0.3 is 15.2 Å². The third-order valence-corrected chi connectivity index (χ3v) is 3.65. The third kappa shape index (κ3) is 4.59. The van der Waals surface area contributed by atoms with E-state index in [-0.39, 0.29) is 6.03 Å². The number of carbonyl (C=O) groups excluding carboxylic acids is 1. The van der Waals surface area contributed by atoms with E-state index < -0.39 is 0 Å². The Morgan fingerprint density at radius 2 is 2.21 bits per heavy atom. The average Bonchev–Trinajstić information content (AvgIpc) is 2.99. The maximum atomic E-state index is 12.1. The zero-order valence-corrected chi connectivity index (χ0v) is 14.3. The van der Waals surface area contributed by atoms with Gasteiger partial charge in [-0.25, -0.2) is 9.78 Å². The van der Waals surface area contributed by atoms with Crippen LogP contribution in [-0.2, 0) is 19.5 Å². The molecule has 0 saturated heterocycles. The lowest BCUT2D eigenvalue weighted by Crippen LogP contribution is -2.29. The minimum absolute atomic E-state index is 0.272. The van der Waals surface area contributed by atoms with Crippen molar-refractivity contribution in [3.05, 3.63) is 47.5 Å². The standard InChI is InChI=1S/C18H23N5O/c1-4-15-7-14(8-19)5-6-17(15)22-18(24)21-10-16-9-20-12-23(16)11-13(2)3/h5-7,9,12-13H,4,10-11H2,1-3H3,(H2,21,22,24). The lowest BCUT2D eigenvalue weighted by atomic mass is 10.1. The number of anilines is 1. The summed E-state index contributed by atoms with van der Waals surface area (Å²) < 4.78 is 2.05. The second-order valence-electron chi connectivity index (χ2n) is 6.08. The van der Waals surface area contributed by atoms with Gasteiger partial charge in [0.05, 0.1) is 30.2 Å². The molecular weight excluding hydrogens is 302 g/mol. The first-order chi connectivity index (χ1) is 11.5. The molecular formula is C18H23N5O. The van der Waals surface area contributed by atoms with Crippen LogP contribution in [0.2, 0.25) is 0 Å². The van der Waals surface area contributed by atoms with Crippen molar-refractivity contribution in [3.8, 4) is 6.07 Å². The normalized spacial score (nSPS) is 10.5. The fourth-order valence-corrected chi connectivity index (χ4v) is 2.47. The summed E-state index contributed by atoms with van der Waals surface area (Å²) in [5.74, 6) is 0.512. The van der Waals surface area contributed by atoms with Crippen LogP contribution in [0.4, 0.5) is 10.5 Å². The number of nitrogens with one attached hydrogen (secondary N) is 2. The molecule has 1 aromatic heterocycles. The number of carbonyl (C=O) groups is 1. The largest absolute Gasteiger partial charge is 0.333 e. The first-order valence-electron chi connectivity index (χ1n) is 8.10. The molecule has 6 nitrogen and oxygen atoms in total. The van der Waals surface area contributed by atoms with Crippen molar-refractivity contribution in [2.24, 2.45) is 5.92 Å². The summed E-state index contributed by atoms with van der Waals surface area (Å²) in [4.78, 5) is 16.3. The SMILES string of the molecule is CCc1cc(C#N)ccc1NC(=O)NCc1cncn1CC(C)C. The van der Waals surface area contributed by atoms with Gasteiger partial charge in [-0.3, -0.25) is 0 Å². The number of rotatable bonds is 6. The number of hydrogen-bond donors (Lipinski definition) is 2. The molecule has 0 spiro atoms. The van der Waals surface area contributed by atoms with Crippen LogP contribution in [0.5, 0.6) is 0 Å². The summed E-state index contributed by atoms with van der Waals surface area (Å²) in [7, 11) is 0. The van der Waals surface area contributed by atoms with E-state index in [0.29, 0.717) is 18.0 Å². The van der Waals surface area contributed by atoms with Crippen molar-refractivity contribution in [2.75, 3.05) is 5.32 Å². The summed E-state index contributed by atoms with van der Waals surface area (Å²) in [6.45, 7) is 7.55. The molecule has 126 valence electrons. The van der Waals surface area contributed by atoms with E-state index in [1.54, 1.807) is 30.7 Å². The molecule has 0 aliphatic carbocycles. The highest BCUT2D eigenvalue weighted by molar-refractivity contribution is 5.90. The van der Waals surface area contributed by atoms with Crippen molar-refractivity contribution in [1.29, 1.82) is 5.26 Å². The summed E-state index contributed by atoms with van der Waals surface area (Å²) in [5, 5.41) is 14.6. The van der Waals surface area contributed by atoms with E-state index in [1.807, 2.05) is 11.5 Å². The zero-order chi connectivity index (χ0) is 17.5. The van der Waals surface area contributed by atoms with Gasteiger partial charge in [-0.2, -0.15) is 5.26 Å². The van der Waals surface area contributed by atoms with Crippen molar-refractivity contribution in [1.82, 2.24) is 14.9 Å². The van der Waals surface area contributed by atoms with E-state index >= 15 is 0 Å². The highest BCUT2D eigenvalue weighted by Gasteiger charge is 2.09. The van der Waals surface area contributed by atoms with Crippen LogP contribution >= 0.6 is 0 Å². The maximum Gasteiger partial charge on any atom is 0.319 e. The first-order valence-corrected chi connectivity index (χ1v) is 8.10. The zero-order valence-electron chi connectivity index (χ0n) is 14.3. The fourth-order valence-electron chi connectivity index (χ4n) is 2.47. The second-order valence-corrected chi connectivity index (χ2v) is 6.08. The molecule has 2 aromatic rings. The number of nitrogens with zero attached hydrogens (tertiary/aromatic N) is 3. The minimum Gasteiger partial charge on any atom is -0.333 e. The molecule has 0 radical (unpaired) electrons. The Labute approximate surface area is 142 Å². The molecule has 0 unspecified atom stereocenters. The highest BCUT2D eigenvalue weighted by Crippen LogP contribution is 2.18. The molecule has 0 fully saturated rings. The van der Waals surface area contributed by atoms with Crippen molar-refractivity contribution < 1.29 is 4.79 Å². The van der Waals surface area contributed by atoms with E-state index in [0.717, 1.165) is 29.9 Å². The Kier molecular flexibility index (Phi) is 5.96. The molecule has 0 saturated carbocycles. The first kappa shape index (κ1) is 17.5.